The summed E-state index contributed by atoms with van der Waals surface area (Å²) >= 11 is 0. The number of hydrogen-bond donors (Lipinski definition) is 2. The van der Waals surface area contributed by atoms with Crippen LogP contribution in [0, 0.1) is 0 Å². The van der Waals surface area contributed by atoms with Gasteiger partial charge in [-0.2, -0.15) is 0 Å². The van der Waals surface area contributed by atoms with Crippen LogP contribution in [0.3, 0.4) is 0 Å². The number of rotatable bonds is 7. The van der Waals surface area contributed by atoms with Crippen molar-refractivity contribution >= 4 is 5.91 Å². The number of carbonyl (C=O) groups excluding carboxylic acids is 1. The van der Waals surface area contributed by atoms with E-state index in [1.54, 1.807) is 0 Å². The van der Waals surface area contributed by atoms with Crippen molar-refractivity contribution in [3.8, 4) is 5.75 Å². The minimum Gasteiger partial charge on any atom is -0.493 e. The quantitative estimate of drug-likeness (QED) is 0.794. The Morgan fingerprint density at radius 1 is 1.32 bits per heavy atom. The maximum Gasteiger partial charge on any atom is 0.223 e. The molecule has 1 aromatic carbocycles. The van der Waals surface area contributed by atoms with Crippen LogP contribution in [0.2, 0.25) is 0 Å². The van der Waals surface area contributed by atoms with Crippen molar-refractivity contribution in [1.82, 2.24) is 10.6 Å². The van der Waals surface area contributed by atoms with E-state index >= 15 is 0 Å². The SMILES string of the molecule is CNC(C)c1cccc(OCCC(=O)NC(C)C)c1. The molecule has 0 fully saturated rings. The molecular formula is C15H24N2O2. The van der Waals surface area contributed by atoms with E-state index in [9.17, 15) is 4.79 Å². The summed E-state index contributed by atoms with van der Waals surface area (Å²) in [5, 5.41) is 6.02. The van der Waals surface area contributed by atoms with E-state index in [4.69, 9.17) is 4.74 Å². The second-order valence-corrected chi connectivity index (χ2v) is 4.90. The number of ether oxygens (including phenoxy) is 1. The molecule has 2 N–H and O–H groups in total. The third kappa shape index (κ3) is 5.75. The molecule has 0 bridgehead atoms. The van der Waals surface area contributed by atoms with Gasteiger partial charge in [0.25, 0.3) is 0 Å². The Morgan fingerprint density at radius 3 is 2.68 bits per heavy atom. The molecule has 0 aliphatic carbocycles. The van der Waals surface area contributed by atoms with Gasteiger partial charge in [0.05, 0.1) is 13.0 Å². The average Bonchev–Trinajstić information content (AvgIpc) is 2.37. The highest BCUT2D eigenvalue weighted by molar-refractivity contribution is 5.76. The summed E-state index contributed by atoms with van der Waals surface area (Å²) in [6, 6.07) is 8.39. The van der Waals surface area contributed by atoms with Crippen LogP contribution in [0.5, 0.6) is 5.75 Å². The summed E-state index contributed by atoms with van der Waals surface area (Å²) in [5.74, 6) is 0.826. The number of hydrogen-bond acceptors (Lipinski definition) is 3. The van der Waals surface area contributed by atoms with Gasteiger partial charge < -0.3 is 15.4 Å². The van der Waals surface area contributed by atoms with Crippen LogP contribution in [0.25, 0.3) is 0 Å². The molecule has 1 amide bonds. The third-order valence-corrected chi connectivity index (χ3v) is 2.84. The summed E-state index contributed by atoms with van der Waals surface area (Å²) in [6.45, 7) is 6.38. The molecule has 0 spiro atoms. The van der Waals surface area contributed by atoms with Gasteiger partial charge in [0.1, 0.15) is 5.75 Å². The molecule has 1 rings (SSSR count). The fraction of sp³-hybridized carbons (Fsp3) is 0.533. The van der Waals surface area contributed by atoms with Crippen molar-refractivity contribution < 1.29 is 9.53 Å². The lowest BCUT2D eigenvalue weighted by Crippen LogP contribution is -2.31. The molecule has 0 radical (unpaired) electrons. The van der Waals surface area contributed by atoms with Crippen LogP contribution >= 0.6 is 0 Å². The first-order valence-corrected chi connectivity index (χ1v) is 6.72. The molecule has 0 aliphatic rings. The summed E-state index contributed by atoms with van der Waals surface area (Å²) in [4.78, 5) is 11.5. The van der Waals surface area contributed by atoms with Crippen molar-refractivity contribution in [1.29, 1.82) is 0 Å². The van der Waals surface area contributed by atoms with E-state index in [1.807, 2.05) is 39.1 Å². The molecule has 0 aromatic heterocycles. The summed E-state index contributed by atoms with van der Waals surface area (Å²) < 4.78 is 5.60. The van der Waals surface area contributed by atoms with E-state index in [-0.39, 0.29) is 18.0 Å². The van der Waals surface area contributed by atoms with E-state index in [0.29, 0.717) is 13.0 Å². The number of benzene rings is 1. The normalized spacial score (nSPS) is 12.3. The molecule has 19 heavy (non-hydrogen) atoms. The highest BCUT2D eigenvalue weighted by Gasteiger charge is 2.05. The van der Waals surface area contributed by atoms with Crippen LogP contribution < -0.4 is 15.4 Å². The highest BCUT2D eigenvalue weighted by Crippen LogP contribution is 2.18. The zero-order valence-electron chi connectivity index (χ0n) is 12.2. The van der Waals surface area contributed by atoms with Gasteiger partial charge in [-0.05, 0) is 45.5 Å². The van der Waals surface area contributed by atoms with Gasteiger partial charge in [0.2, 0.25) is 5.91 Å². The Balaban J connectivity index is 2.43. The van der Waals surface area contributed by atoms with Crippen molar-refractivity contribution in [3.63, 3.8) is 0 Å². The molecule has 106 valence electrons. The lowest BCUT2D eigenvalue weighted by Gasteiger charge is -2.13. The van der Waals surface area contributed by atoms with Crippen molar-refractivity contribution in [2.45, 2.75) is 39.3 Å². The minimum atomic E-state index is 0.0229. The van der Waals surface area contributed by atoms with Gasteiger partial charge in [0.15, 0.2) is 0 Å². The number of nitrogens with one attached hydrogen (secondary N) is 2. The van der Waals surface area contributed by atoms with E-state index in [0.717, 1.165) is 5.75 Å². The molecule has 1 atom stereocenters. The fourth-order valence-electron chi connectivity index (χ4n) is 1.70. The molecule has 1 unspecified atom stereocenters. The maximum absolute atomic E-state index is 11.5. The van der Waals surface area contributed by atoms with Crippen LogP contribution in [0.15, 0.2) is 24.3 Å². The Kier molecular flexibility index (Phi) is 6.36. The first kappa shape index (κ1) is 15.5. The average molecular weight is 264 g/mol. The van der Waals surface area contributed by atoms with Crippen molar-refractivity contribution in [3.05, 3.63) is 29.8 Å². The fourth-order valence-corrected chi connectivity index (χ4v) is 1.70. The predicted octanol–water partition coefficient (Wildman–Crippen LogP) is 2.26. The van der Waals surface area contributed by atoms with E-state index in [2.05, 4.69) is 23.6 Å². The lowest BCUT2D eigenvalue weighted by molar-refractivity contribution is -0.122. The molecule has 4 nitrogen and oxygen atoms in total. The van der Waals surface area contributed by atoms with Crippen LogP contribution in [0.4, 0.5) is 0 Å². The summed E-state index contributed by atoms with van der Waals surface area (Å²) in [7, 11) is 1.93. The highest BCUT2D eigenvalue weighted by atomic mass is 16.5. The second-order valence-electron chi connectivity index (χ2n) is 4.90. The van der Waals surface area contributed by atoms with Crippen LogP contribution in [0.1, 0.15) is 38.8 Å². The van der Waals surface area contributed by atoms with Gasteiger partial charge in [-0.1, -0.05) is 12.1 Å². The molecular weight excluding hydrogens is 240 g/mol. The Hall–Kier alpha value is -1.55. The summed E-state index contributed by atoms with van der Waals surface area (Å²) in [5.41, 5.74) is 1.17. The van der Waals surface area contributed by atoms with E-state index < -0.39 is 0 Å². The minimum absolute atomic E-state index is 0.0229. The first-order chi connectivity index (χ1) is 9.02. The van der Waals surface area contributed by atoms with Crippen LogP contribution in [-0.2, 0) is 4.79 Å². The van der Waals surface area contributed by atoms with Crippen LogP contribution in [-0.4, -0.2) is 25.6 Å². The molecule has 0 saturated heterocycles. The van der Waals surface area contributed by atoms with Gasteiger partial charge in [-0.3, -0.25) is 4.79 Å². The zero-order chi connectivity index (χ0) is 14.3. The van der Waals surface area contributed by atoms with E-state index in [1.165, 1.54) is 5.56 Å². The van der Waals surface area contributed by atoms with Crippen molar-refractivity contribution in [2.75, 3.05) is 13.7 Å². The Morgan fingerprint density at radius 2 is 2.05 bits per heavy atom. The lowest BCUT2D eigenvalue weighted by atomic mass is 10.1. The molecule has 1 aromatic rings. The zero-order valence-corrected chi connectivity index (χ0v) is 12.2. The Bertz CT molecular complexity index is 405. The van der Waals surface area contributed by atoms with Gasteiger partial charge >= 0.3 is 0 Å². The predicted molar refractivity (Wildman–Crippen MR) is 77.3 cm³/mol. The molecule has 0 heterocycles. The third-order valence-electron chi connectivity index (χ3n) is 2.84. The number of carbonyl (C=O) groups is 1. The second kappa shape index (κ2) is 7.79. The maximum atomic E-state index is 11.5. The Labute approximate surface area is 115 Å². The molecule has 0 saturated carbocycles. The van der Waals surface area contributed by atoms with Crippen molar-refractivity contribution in [2.24, 2.45) is 0 Å². The molecule has 4 heteroatoms. The van der Waals surface area contributed by atoms with Gasteiger partial charge in [0, 0.05) is 12.1 Å². The van der Waals surface area contributed by atoms with Gasteiger partial charge in [-0.15, -0.1) is 0 Å². The van der Waals surface area contributed by atoms with Gasteiger partial charge in [-0.25, -0.2) is 0 Å². The smallest absolute Gasteiger partial charge is 0.223 e. The monoisotopic (exact) mass is 264 g/mol. The molecule has 0 aliphatic heterocycles. The first-order valence-electron chi connectivity index (χ1n) is 6.72. The summed E-state index contributed by atoms with van der Waals surface area (Å²) in [6.07, 6.45) is 0.379. The largest absolute Gasteiger partial charge is 0.493 e. The standard InChI is InChI=1S/C15H24N2O2/c1-11(2)17-15(18)8-9-19-14-7-5-6-13(10-14)12(3)16-4/h5-7,10-12,16H,8-9H2,1-4H3,(H,17,18). The number of amides is 1. The topological polar surface area (TPSA) is 50.4 Å².